The molecule has 2 amide bonds. The number of likely N-dealkylation sites (tertiary alicyclic amines) is 1. The van der Waals surface area contributed by atoms with Crippen molar-refractivity contribution >= 4 is 22.6 Å². The van der Waals surface area contributed by atoms with Crippen LogP contribution >= 0.6 is 0 Å². The Kier molecular flexibility index (Phi) is 7.40. The third kappa shape index (κ3) is 5.94. The number of hydrogen-bond acceptors (Lipinski definition) is 5. The van der Waals surface area contributed by atoms with Gasteiger partial charge in [-0.1, -0.05) is 30.3 Å². The Morgan fingerprint density at radius 2 is 1.62 bits per heavy atom. The Bertz CT molecular complexity index is 1370. The molecule has 4 aromatic rings. The van der Waals surface area contributed by atoms with Gasteiger partial charge in [-0.3, -0.25) is 9.59 Å². The lowest BCUT2D eigenvalue weighted by Crippen LogP contribution is -2.46. The Balaban J connectivity index is 1.09. The number of carbonyl (C=O) groups excluding carboxylic acids is 2. The van der Waals surface area contributed by atoms with Crippen LogP contribution in [-0.2, 0) is 6.61 Å². The third-order valence-electron chi connectivity index (χ3n) is 6.52. The molecule has 0 atom stereocenters. The number of fused-ring (bicyclic) bond motifs is 1. The normalized spacial score (nSPS) is 13.9. The fraction of sp³-hybridized carbons (Fsp3) is 0.267. The van der Waals surface area contributed by atoms with Crippen molar-refractivity contribution in [2.45, 2.75) is 32.4 Å². The number of nitrogens with one attached hydrogen (secondary N) is 1. The van der Waals surface area contributed by atoms with E-state index < -0.39 is 0 Å². The van der Waals surface area contributed by atoms with E-state index in [9.17, 15) is 9.59 Å². The molecule has 37 heavy (non-hydrogen) atoms. The predicted octanol–water partition coefficient (Wildman–Crippen LogP) is 5.45. The van der Waals surface area contributed by atoms with E-state index in [1.54, 1.807) is 24.3 Å². The van der Waals surface area contributed by atoms with Crippen LogP contribution in [0.1, 0.15) is 46.4 Å². The van der Waals surface area contributed by atoms with Crippen LogP contribution in [0.2, 0.25) is 0 Å². The number of amides is 2. The van der Waals surface area contributed by atoms with Crippen LogP contribution in [-0.4, -0.2) is 42.5 Å². The summed E-state index contributed by atoms with van der Waals surface area (Å²) in [4.78, 5) is 27.4. The van der Waals surface area contributed by atoms with E-state index in [2.05, 4.69) is 11.4 Å². The van der Waals surface area contributed by atoms with Gasteiger partial charge in [-0.2, -0.15) is 0 Å². The van der Waals surface area contributed by atoms with Crippen molar-refractivity contribution in [3.8, 4) is 11.5 Å². The van der Waals surface area contributed by atoms with Crippen molar-refractivity contribution in [3.05, 3.63) is 95.9 Å². The van der Waals surface area contributed by atoms with Gasteiger partial charge in [0, 0.05) is 24.7 Å². The predicted molar refractivity (Wildman–Crippen MR) is 141 cm³/mol. The first-order valence-electron chi connectivity index (χ1n) is 12.6. The lowest BCUT2D eigenvalue weighted by molar-refractivity contribution is 0.0695. The van der Waals surface area contributed by atoms with Crippen LogP contribution in [0, 0.1) is 0 Å². The van der Waals surface area contributed by atoms with Gasteiger partial charge in [-0.15, -0.1) is 0 Å². The molecule has 0 radical (unpaired) electrons. The summed E-state index contributed by atoms with van der Waals surface area (Å²) in [6.45, 7) is 3.91. The molecule has 2 heterocycles. The van der Waals surface area contributed by atoms with Crippen molar-refractivity contribution < 1.29 is 23.5 Å². The van der Waals surface area contributed by atoms with Crippen LogP contribution in [0.5, 0.6) is 11.5 Å². The average Bonchev–Trinajstić information content (AvgIpc) is 3.42. The minimum atomic E-state index is -0.256. The maximum atomic E-state index is 12.8. The van der Waals surface area contributed by atoms with Crippen molar-refractivity contribution in [2.75, 3.05) is 19.7 Å². The van der Waals surface area contributed by atoms with Crippen LogP contribution < -0.4 is 14.8 Å². The van der Waals surface area contributed by atoms with Crippen LogP contribution in [0.4, 0.5) is 0 Å². The third-order valence-corrected chi connectivity index (χ3v) is 6.52. The molecule has 7 heteroatoms. The van der Waals surface area contributed by atoms with Crippen LogP contribution in [0.15, 0.2) is 83.3 Å². The van der Waals surface area contributed by atoms with Crippen LogP contribution in [0.3, 0.4) is 0 Å². The van der Waals surface area contributed by atoms with E-state index in [0.717, 1.165) is 22.3 Å². The van der Waals surface area contributed by atoms with Crippen molar-refractivity contribution in [3.63, 3.8) is 0 Å². The maximum Gasteiger partial charge on any atom is 0.287 e. The van der Waals surface area contributed by atoms with Gasteiger partial charge in [0.15, 0.2) is 5.76 Å². The van der Waals surface area contributed by atoms with Gasteiger partial charge in [0.05, 0.1) is 6.61 Å². The van der Waals surface area contributed by atoms with E-state index in [1.165, 1.54) is 0 Å². The second kappa shape index (κ2) is 11.2. The molecule has 1 aliphatic rings. The summed E-state index contributed by atoms with van der Waals surface area (Å²) >= 11 is 0. The Labute approximate surface area is 216 Å². The van der Waals surface area contributed by atoms with Crippen molar-refractivity contribution in [2.24, 2.45) is 0 Å². The first-order chi connectivity index (χ1) is 18.1. The summed E-state index contributed by atoms with van der Waals surface area (Å²) in [6, 6.07) is 24.6. The summed E-state index contributed by atoms with van der Waals surface area (Å²) in [7, 11) is 0. The van der Waals surface area contributed by atoms with Crippen LogP contribution in [0.25, 0.3) is 10.8 Å². The molecular weight excluding hydrogens is 468 g/mol. The molecule has 5 rings (SSSR count). The number of hydrogen-bond donors (Lipinski definition) is 1. The fourth-order valence-electron chi connectivity index (χ4n) is 4.52. The van der Waals surface area contributed by atoms with E-state index in [0.29, 0.717) is 43.9 Å². The molecule has 0 aliphatic carbocycles. The summed E-state index contributed by atoms with van der Waals surface area (Å²) in [5, 5.41) is 5.29. The molecule has 1 saturated heterocycles. The Morgan fingerprint density at radius 1 is 0.892 bits per heavy atom. The molecule has 0 unspecified atom stereocenters. The smallest absolute Gasteiger partial charge is 0.287 e. The molecule has 0 bridgehead atoms. The largest absolute Gasteiger partial charge is 0.494 e. The molecule has 1 N–H and O–H groups in total. The van der Waals surface area contributed by atoms with E-state index in [4.69, 9.17) is 13.9 Å². The molecule has 0 spiro atoms. The quantitative estimate of drug-likeness (QED) is 0.350. The number of furan rings is 1. The second-order valence-electron chi connectivity index (χ2n) is 9.06. The molecule has 3 aromatic carbocycles. The molecule has 7 nitrogen and oxygen atoms in total. The SMILES string of the molecule is CCOc1ccc(C(=O)N2CCC(NC(=O)c3ccc(COc4ccc5ccccc5c4)o3)CC2)cc1. The number of ether oxygens (including phenoxy) is 2. The highest BCUT2D eigenvalue weighted by molar-refractivity contribution is 5.94. The van der Waals surface area contributed by atoms with Gasteiger partial charge in [-0.05, 0) is 79.1 Å². The van der Waals surface area contributed by atoms with Gasteiger partial charge in [0.25, 0.3) is 11.8 Å². The number of piperidine rings is 1. The lowest BCUT2D eigenvalue weighted by atomic mass is 10.0. The minimum Gasteiger partial charge on any atom is -0.494 e. The summed E-state index contributed by atoms with van der Waals surface area (Å²) < 4.78 is 17.0. The number of rotatable bonds is 8. The Morgan fingerprint density at radius 3 is 2.38 bits per heavy atom. The summed E-state index contributed by atoms with van der Waals surface area (Å²) in [5.41, 5.74) is 0.639. The zero-order valence-corrected chi connectivity index (χ0v) is 20.8. The molecule has 1 aliphatic heterocycles. The second-order valence-corrected chi connectivity index (χ2v) is 9.06. The summed E-state index contributed by atoms with van der Waals surface area (Å²) in [6.07, 6.45) is 1.38. The molecule has 0 saturated carbocycles. The zero-order valence-electron chi connectivity index (χ0n) is 20.8. The molecule has 190 valence electrons. The summed E-state index contributed by atoms with van der Waals surface area (Å²) in [5.74, 6) is 2.07. The van der Waals surface area contributed by atoms with Crippen molar-refractivity contribution in [1.29, 1.82) is 0 Å². The highest BCUT2D eigenvalue weighted by atomic mass is 16.5. The molecule has 1 aromatic heterocycles. The van der Waals surface area contributed by atoms with Gasteiger partial charge in [0.1, 0.15) is 23.9 Å². The first-order valence-corrected chi connectivity index (χ1v) is 12.6. The first kappa shape index (κ1) is 24.4. The average molecular weight is 499 g/mol. The number of nitrogens with zero attached hydrogens (tertiary/aromatic N) is 1. The standard InChI is InChI=1S/C30H30N2O5/c1-2-35-25-10-8-22(9-11-25)30(34)32-17-15-24(16-18-32)31-29(33)28-14-13-27(37-28)20-36-26-12-7-21-5-3-4-6-23(21)19-26/h3-14,19,24H,2,15-18,20H2,1H3,(H,31,33). The highest BCUT2D eigenvalue weighted by Crippen LogP contribution is 2.22. The van der Waals surface area contributed by atoms with Gasteiger partial charge in [0.2, 0.25) is 0 Å². The van der Waals surface area contributed by atoms with Gasteiger partial charge >= 0.3 is 0 Å². The fourth-order valence-corrected chi connectivity index (χ4v) is 4.52. The lowest BCUT2D eigenvalue weighted by Gasteiger charge is -2.32. The topological polar surface area (TPSA) is 81.0 Å². The molecule has 1 fully saturated rings. The highest BCUT2D eigenvalue weighted by Gasteiger charge is 2.25. The van der Waals surface area contributed by atoms with E-state index in [1.807, 2.05) is 60.4 Å². The minimum absolute atomic E-state index is 0.00471. The Hall–Kier alpha value is -4.26. The molecular formula is C30H30N2O5. The van der Waals surface area contributed by atoms with Gasteiger partial charge < -0.3 is 24.1 Å². The van der Waals surface area contributed by atoms with E-state index >= 15 is 0 Å². The van der Waals surface area contributed by atoms with Gasteiger partial charge in [-0.25, -0.2) is 0 Å². The number of carbonyl (C=O) groups is 2. The zero-order chi connectivity index (χ0) is 25.6. The van der Waals surface area contributed by atoms with E-state index in [-0.39, 0.29) is 30.2 Å². The number of benzene rings is 3. The monoisotopic (exact) mass is 498 g/mol. The maximum absolute atomic E-state index is 12.8. The van der Waals surface area contributed by atoms with Crippen molar-refractivity contribution in [1.82, 2.24) is 10.2 Å².